The number of guanidine groups is 1. The summed E-state index contributed by atoms with van der Waals surface area (Å²) in [5.41, 5.74) is 2.94. The van der Waals surface area contributed by atoms with Crippen molar-refractivity contribution in [3.05, 3.63) is 53.6 Å². The van der Waals surface area contributed by atoms with Gasteiger partial charge >= 0.3 is 0 Å². The lowest BCUT2D eigenvalue weighted by atomic mass is 9.85. The minimum absolute atomic E-state index is 0. The first-order valence-electron chi connectivity index (χ1n) is 10.6. The molecule has 7 nitrogen and oxygen atoms in total. The molecule has 1 aliphatic rings. The van der Waals surface area contributed by atoms with Crippen LogP contribution < -0.4 is 20.1 Å². The van der Waals surface area contributed by atoms with Crippen molar-refractivity contribution in [1.29, 1.82) is 0 Å². The molecule has 0 bridgehead atoms. The fraction of sp³-hybridized carbons (Fsp3) is 0.417. The maximum absolute atomic E-state index is 12.2. The summed E-state index contributed by atoms with van der Waals surface area (Å²) in [6, 6.07) is 13.7. The van der Waals surface area contributed by atoms with Crippen LogP contribution in [0.15, 0.2) is 47.5 Å². The van der Waals surface area contributed by atoms with Crippen LogP contribution in [0.4, 0.5) is 5.69 Å². The standard InChI is InChI=1S/C24H32N4O3.HI/c1-25-24(28(2)16-19-11-12-21(30-3)14-22(19)31-4)26-15-17-7-5-10-20(13-17)27-23(29)18-8-6-9-18;/h5,7,10-14,18H,6,8-9,15-16H2,1-4H3,(H,25,26)(H,27,29);1H. The minimum atomic E-state index is 0. The van der Waals surface area contributed by atoms with Gasteiger partial charge in [0, 0.05) is 50.4 Å². The number of methoxy groups -OCH3 is 2. The Bertz CT molecular complexity index is 931. The van der Waals surface area contributed by atoms with Crippen molar-refractivity contribution >= 4 is 41.5 Å². The second kappa shape index (κ2) is 12.5. The smallest absolute Gasteiger partial charge is 0.227 e. The van der Waals surface area contributed by atoms with E-state index >= 15 is 0 Å². The van der Waals surface area contributed by atoms with E-state index in [4.69, 9.17) is 9.47 Å². The van der Waals surface area contributed by atoms with Gasteiger partial charge in [-0.1, -0.05) is 18.6 Å². The average Bonchev–Trinajstić information content (AvgIpc) is 2.73. The number of benzene rings is 2. The molecular formula is C24H33IN4O3. The van der Waals surface area contributed by atoms with E-state index in [2.05, 4.69) is 15.6 Å². The van der Waals surface area contributed by atoms with Crippen LogP contribution in [0.5, 0.6) is 11.5 Å². The highest BCUT2D eigenvalue weighted by molar-refractivity contribution is 14.0. The minimum Gasteiger partial charge on any atom is -0.497 e. The molecule has 32 heavy (non-hydrogen) atoms. The van der Waals surface area contributed by atoms with Crippen LogP contribution in [0.1, 0.15) is 30.4 Å². The highest BCUT2D eigenvalue weighted by Crippen LogP contribution is 2.28. The molecule has 0 radical (unpaired) electrons. The zero-order chi connectivity index (χ0) is 22.2. The third kappa shape index (κ3) is 6.75. The molecular weight excluding hydrogens is 519 g/mol. The largest absolute Gasteiger partial charge is 0.497 e. The van der Waals surface area contributed by atoms with Crippen molar-refractivity contribution in [3.8, 4) is 11.5 Å². The summed E-state index contributed by atoms with van der Waals surface area (Å²) in [5, 5.41) is 6.42. The Labute approximate surface area is 207 Å². The van der Waals surface area contributed by atoms with Crippen molar-refractivity contribution < 1.29 is 14.3 Å². The van der Waals surface area contributed by atoms with E-state index in [1.807, 2.05) is 54.4 Å². The summed E-state index contributed by atoms with van der Waals surface area (Å²) in [6.07, 6.45) is 3.14. The molecule has 3 rings (SSSR count). The molecule has 0 aliphatic heterocycles. The highest BCUT2D eigenvalue weighted by atomic mass is 127. The first-order valence-corrected chi connectivity index (χ1v) is 10.6. The summed E-state index contributed by atoms with van der Waals surface area (Å²) in [5.74, 6) is 2.60. The van der Waals surface area contributed by atoms with E-state index < -0.39 is 0 Å². The molecule has 1 amide bonds. The number of nitrogens with zero attached hydrogens (tertiary/aromatic N) is 2. The molecule has 2 aromatic carbocycles. The van der Waals surface area contributed by atoms with Crippen molar-refractivity contribution in [2.45, 2.75) is 32.4 Å². The average molecular weight is 552 g/mol. The van der Waals surface area contributed by atoms with Crippen molar-refractivity contribution in [2.75, 3.05) is 33.6 Å². The van der Waals surface area contributed by atoms with Crippen LogP contribution in [0, 0.1) is 5.92 Å². The number of anilines is 1. The number of amides is 1. The van der Waals surface area contributed by atoms with Crippen LogP contribution in [-0.2, 0) is 17.9 Å². The maximum Gasteiger partial charge on any atom is 0.227 e. The highest BCUT2D eigenvalue weighted by Gasteiger charge is 2.25. The molecule has 174 valence electrons. The topological polar surface area (TPSA) is 75.2 Å². The summed E-state index contributed by atoms with van der Waals surface area (Å²) < 4.78 is 10.8. The van der Waals surface area contributed by atoms with Gasteiger partial charge in [-0.05, 0) is 42.7 Å². The van der Waals surface area contributed by atoms with Crippen LogP contribution in [-0.4, -0.2) is 45.1 Å². The Morgan fingerprint density at radius 2 is 1.94 bits per heavy atom. The van der Waals surface area contributed by atoms with Crippen LogP contribution in [0.3, 0.4) is 0 Å². The number of hydrogen-bond donors (Lipinski definition) is 2. The van der Waals surface area contributed by atoms with Crippen molar-refractivity contribution in [1.82, 2.24) is 10.2 Å². The third-order valence-electron chi connectivity index (χ3n) is 5.60. The number of carbonyl (C=O) groups excluding carboxylic acids is 1. The van der Waals surface area contributed by atoms with Gasteiger partial charge in [-0.15, -0.1) is 24.0 Å². The van der Waals surface area contributed by atoms with Gasteiger partial charge in [-0.2, -0.15) is 0 Å². The van der Waals surface area contributed by atoms with Gasteiger partial charge in [0.1, 0.15) is 11.5 Å². The van der Waals surface area contributed by atoms with E-state index in [0.717, 1.165) is 53.5 Å². The van der Waals surface area contributed by atoms with E-state index in [9.17, 15) is 4.79 Å². The number of halogens is 1. The van der Waals surface area contributed by atoms with Gasteiger partial charge in [-0.3, -0.25) is 9.79 Å². The molecule has 1 saturated carbocycles. The predicted molar refractivity (Wildman–Crippen MR) is 139 cm³/mol. The second-order valence-electron chi connectivity index (χ2n) is 7.75. The molecule has 8 heteroatoms. The molecule has 0 saturated heterocycles. The molecule has 0 heterocycles. The van der Waals surface area contributed by atoms with E-state index in [1.54, 1.807) is 21.3 Å². The molecule has 0 atom stereocenters. The third-order valence-corrected chi connectivity index (χ3v) is 5.60. The maximum atomic E-state index is 12.2. The first kappa shape index (κ1) is 25.8. The Morgan fingerprint density at radius 3 is 2.56 bits per heavy atom. The lowest BCUT2D eigenvalue weighted by Crippen LogP contribution is -2.38. The number of aliphatic imine (C=N–C) groups is 1. The molecule has 0 unspecified atom stereocenters. The van der Waals surface area contributed by atoms with Gasteiger partial charge in [0.15, 0.2) is 5.96 Å². The zero-order valence-corrected chi connectivity index (χ0v) is 21.5. The number of ether oxygens (including phenoxy) is 2. The summed E-state index contributed by atoms with van der Waals surface area (Å²) in [4.78, 5) is 18.6. The van der Waals surface area contributed by atoms with E-state index in [0.29, 0.717) is 13.1 Å². The lowest BCUT2D eigenvalue weighted by molar-refractivity contribution is -0.122. The normalized spacial score (nSPS) is 13.4. The monoisotopic (exact) mass is 552 g/mol. The molecule has 1 aliphatic carbocycles. The van der Waals surface area contributed by atoms with Gasteiger partial charge in [0.05, 0.1) is 14.2 Å². The molecule has 1 fully saturated rings. The predicted octanol–water partition coefficient (Wildman–Crippen LogP) is 4.27. The first-order chi connectivity index (χ1) is 15.0. The fourth-order valence-electron chi connectivity index (χ4n) is 3.55. The summed E-state index contributed by atoms with van der Waals surface area (Å²) in [6.45, 7) is 1.23. The molecule has 0 aromatic heterocycles. The van der Waals surface area contributed by atoms with Gasteiger partial charge in [0.2, 0.25) is 5.91 Å². The van der Waals surface area contributed by atoms with Crippen molar-refractivity contribution in [3.63, 3.8) is 0 Å². The van der Waals surface area contributed by atoms with Gasteiger partial charge in [-0.25, -0.2) is 0 Å². The van der Waals surface area contributed by atoms with Crippen molar-refractivity contribution in [2.24, 2.45) is 10.9 Å². The van der Waals surface area contributed by atoms with Crippen LogP contribution in [0.25, 0.3) is 0 Å². The van der Waals surface area contributed by atoms with E-state index in [1.165, 1.54) is 0 Å². The van der Waals surface area contributed by atoms with Gasteiger partial charge < -0.3 is 25.0 Å². The molecule has 2 N–H and O–H groups in total. The molecule has 2 aromatic rings. The zero-order valence-electron chi connectivity index (χ0n) is 19.2. The fourth-order valence-corrected chi connectivity index (χ4v) is 3.55. The Hall–Kier alpha value is -2.49. The Morgan fingerprint density at radius 1 is 1.16 bits per heavy atom. The quantitative estimate of drug-likeness (QED) is 0.291. The summed E-state index contributed by atoms with van der Waals surface area (Å²) >= 11 is 0. The number of carbonyl (C=O) groups is 1. The van der Waals surface area contributed by atoms with Crippen LogP contribution >= 0.6 is 24.0 Å². The number of rotatable bonds is 8. The number of hydrogen-bond acceptors (Lipinski definition) is 4. The van der Waals surface area contributed by atoms with E-state index in [-0.39, 0.29) is 35.8 Å². The Balaban J connectivity index is 0.00000363. The second-order valence-corrected chi connectivity index (χ2v) is 7.75. The summed E-state index contributed by atoms with van der Waals surface area (Å²) in [7, 11) is 7.04. The SMILES string of the molecule is CN=C(NCc1cccc(NC(=O)C2CCC2)c1)N(C)Cc1ccc(OC)cc1OC.I. The van der Waals surface area contributed by atoms with Gasteiger partial charge in [0.25, 0.3) is 0 Å². The lowest BCUT2D eigenvalue weighted by Gasteiger charge is -2.24. The van der Waals surface area contributed by atoms with Crippen LogP contribution in [0.2, 0.25) is 0 Å². The molecule has 0 spiro atoms. The Kier molecular flexibility index (Phi) is 10.1. The number of nitrogens with one attached hydrogen (secondary N) is 2.